The first-order chi connectivity index (χ1) is 47.6. The molecule has 0 aliphatic rings. The molecule has 0 bridgehead atoms. The Hall–Kier alpha value is -13.3. The molecule has 0 unspecified atom stereocenters. The van der Waals surface area contributed by atoms with Crippen molar-refractivity contribution in [3.05, 3.63) is 293 Å². The molecule has 19 aromatic rings. The van der Waals surface area contributed by atoms with Crippen LogP contribution in [0.1, 0.15) is 0 Å². The van der Waals surface area contributed by atoms with Gasteiger partial charge >= 0.3 is 0 Å². The first kappa shape index (κ1) is 54.4. The average molecular weight is 1230 g/mol. The Morgan fingerprint density at radius 1 is 0.156 bits per heavy atom. The van der Waals surface area contributed by atoms with Crippen molar-refractivity contribution in [2.24, 2.45) is 0 Å². The molecule has 0 radical (unpaired) electrons. The number of aromatic nitrogens is 12. The quantitative estimate of drug-likeness (QED) is 0.0711. The van der Waals surface area contributed by atoms with E-state index in [1.165, 1.54) is 0 Å². The standard InChI is InChI=1S/C84H54N12/c1-7-61-67(43-91-79(61)85-37-1)49-13-25-55(26-14-49)73-74(56-27-15-50(16-28-56)68-44-92-80-62(68)8-2-38-86-80)76(58-31-19-52(20-32-58)70-46-94-82-64(70)10-4-40-88-82)78(60-35-23-54(24-36-60)72-48-96-84-66(72)12-6-42-90-84)77(59-33-21-53(22-34-59)71-47-95-83-65(71)11-5-41-89-83)75(73)57-29-17-51(18-30-57)69-45-93-81-63(69)9-3-39-87-81/h1-48H,(H,85,91)(H,86,92)(H,87,93)(H,88,94)(H,89,95)(H,90,96). The summed E-state index contributed by atoms with van der Waals surface area (Å²) in [5.74, 6) is 0. The fraction of sp³-hybridized carbons (Fsp3) is 0. The summed E-state index contributed by atoms with van der Waals surface area (Å²) >= 11 is 0. The van der Waals surface area contributed by atoms with Gasteiger partial charge in [0.25, 0.3) is 0 Å². The molecule has 0 atom stereocenters. The number of aromatic amines is 6. The molecule has 6 N–H and O–H groups in total. The van der Waals surface area contributed by atoms with Gasteiger partial charge < -0.3 is 29.9 Å². The molecule has 0 saturated carbocycles. The third kappa shape index (κ3) is 8.99. The molecule has 12 nitrogen and oxygen atoms in total. The van der Waals surface area contributed by atoms with Gasteiger partial charge in [0.05, 0.1) is 0 Å². The minimum atomic E-state index is 0.844. The van der Waals surface area contributed by atoms with Crippen LogP contribution in [0.15, 0.2) is 293 Å². The van der Waals surface area contributed by atoms with Crippen LogP contribution in [0.5, 0.6) is 0 Å². The summed E-state index contributed by atoms with van der Waals surface area (Å²) in [6.45, 7) is 0. The lowest BCUT2D eigenvalue weighted by molar-refractivity contribution is 1.33. The van der Waals surface area contributed by atoms with E-state index in [2.05, 4.69) is 279 Å². The molecule has 12 heterocycles. The van der Waals surface area contributed by atoms with Crippen LogP contribution >= 0.6 is 0 Å². The van der Waals surface area contributed by atoms with Crippen molar-refractivity contribution in [2.45, 2.75) is 0 Å². The second kappa shape index (κ2) is 22.2. The lowest BCUT2D eigenvalue weighted by Gasteiger charge is -2.29. The summed E-state index contributed by atoms with van der Waals surface area (Å²) in [6.07, 6.45) is 23.4. The molecule has 0 aliphatic carbocycles. The summed E-state index contributed by atoms with van der Waals surface area (Å²) in [4.78, 5) is 48.8. The van der Waals surface area contributed by atoms with E-state index in [9.17, 15) is 0 Å². The number of nitrogens with zero attached hydrogens (tertiary/aromatic N) is 6. The number of H-pyrrole nitrogens is 6. The van der Waals surface area contributed by atoms with E-state index in [1.807, 2.05) is 73.6 Å². The summed E-state index contributed by atoms with van der Waals surface area (Å²) < 4.78 is 0. The zero-order valence-corrected chi connectivity index (χ0v) is 51.4. The Morgan fingerprint density at radius 3 is 0.438 bits per heavy atom. The van der Waals surface area contributed by atoms with E-state index in [4.69, 9.17) is 0 Å². The first-order valence-electron chi connectivity index (χ1n) is 32.0. The summed E-state index contributed by atoms with van der Waals surface area (Å²) in [6, 6.07) is 79.8. The van der Waals surface area contributed by atoms with Crippen LogP contribution in [0.3, 0.4) is 0 Å². The molecular formula is C84H54N12. The topological polar surface area (TPSA) is 172 Å². The Morgan fingerprint density at radius 2 is 0.292 bits per heavy atom. The Balaban J connectivity index is 0.942. The van der Waals surface area contributed by atoms with Gasteiger partial charge in [-0.15, -0.1) is 0 Å². The van der Waals surface area contributed by atoms with Crippen molar-refractivity contribution in [2.75, 3.05) is 0 Å². The summed E-state index contributed by atoms with van der Waals surface area (Å²) in [5.41, 5.74) is 30.7. The van der Waals surface area contributed by atoms with E-state index >= 15 is 0 Å². The molecule has 12 aromatic heterocycles. The van der Waals surface area contributed by atoms with Crippen LogP contribution in [-0.4, -0.2) is 59.8 Å². The van der Waals surface area contributed by atoms with Gasteiger partial charge in [-0.25, -0.2) is 29.9 Å². The number of nitrogens with one attached hydrogen (secondary N) is 6. The van der Waals surface area contributed by atoms with E-state index in [0.29, 0.717) is 0 Å². The number of benzene rings is 7. The van der Waals surface area contributed by atoms with Gasteiger partial charge in [0, 0.05) is 140 Å². The number of hydrogen-bond donors (Lipinski definition) is 6. The van der Waals surface area contributed by atoms with E-state index in [-0.39, 0.29) is 0 Å². The molecule has 0 fully saturated rings. The van der Waals surface area contributed by atoms with Crippen molar-refractivity contribution < 1.29 is 0 Å². The second-order valence-electron chi connectivity index (χ2n) is 24.3. The van der Waals surface area contributed by atoms with E-state index < -0.39 is 0 Å². The fourth-order valence-electron chi connectivity index (χ4n) is 14.5. The Bertz CT molecular complexity index is 5160. The van der Waals surface area contributed by atoms with Crippen LogP contribution in [0.2, 0.25) is 0 Å². The van der Waals surface area contributed by atoms with Gasteiger partial charge in [-0.1, -0.05) is 146 Å². The minimum absolute atomic E-state index is 0.844. The average Bonchev–Trinajstić information content (AvgIpc) is 0.719. The van der Waals surface area contributed by atoms with Gasteiger partial charge in [0.15, 0.2) is 0 Å². The lowest BCUT2D eigenvalue weighted by Crippen LogP contribution is -2.02. The van der Waals surface area contributed by atoms with Gasteiger partial charge in [-0.2, -0.15) is 0 Å². The maximum Gasteiger partial charge on any atom is 0.137 e. The molecule has 0 amide bonds. The van der Waals surface area contributed by atoms with Crippen LogP contribution in [0.4, 0.5) is 0 Å². The van der Waals surface area contributed by atoms with Crippen molar-refractivity contribution in [3.8, 4) is 134 Å². The third-order valence-electron chi connectivity index (χ3n) is 19.1. The fourth-order valence-corrected chi connectivity index (χ4v) is 14.5. The lowest BCUT2D eigenvalue weighted by atomic mass is 9.73. The van der Waals surface area contributed by atoms with Crippen molar-refractivity contribution in [1.29, 1.82) is 0 Å². The highest BCUT2D eigenvalue weighted by Gasteiger charge is 2.31. The third-order valence-corrected chi connectivity index (χ3v) is 19.1. The number of pyridine rings is 6. The highest BCUT2D eigenvalue weighted by atomic mass is 14.9. The first-order valence-corrected chi connectivity index (χ1v) is 32.0. The maximum absolute atomic E-state index is 4.69. The van der Waals surface area contributed by atoms with E-state index in [0.717, 1.165) is 200 Å². The van der Waals surface area contributed by atoms with Crippen LogP contribution in [0.25, 0.3) is 200 Å². The maximum atomic E-state index is 4.69. The number of hydrogen-bond acceptors (Lipinski definition) is 6. The van der Waals surface area contributed by atoms with Gasteiger partial charge in [-0.3, -0.25) is 0 Å². The van der Waals surface area contributed by atoms with Crippen LogP contribution in [0, 0.1) is 0 Å². The van der Waals surface area contributed by atoms with Gasteiger partial charge in [0.2, 0.25) is 0 Å². The Labute approximate surface area is 549 Å². The highest BCUT2D eigenvalue weighted by Crippen LogP contribution is 2.57. The van der Waals surface area contributed by atoms with Crippen LogP contribution < -0.4 is 0 Å². The molecule has 19 rings (SSSR count). The number of fused-ring (bicyclic) bond motifs is 6. The zero-order valence-electron chi connectivity index (χ0n) is 51.4. The SMILES string of the molecule is c1cnc2[nH]cc(-c3ccc(-c4c(-c5ccc(-c6c[nH]c7ncccc67)cc5)c(-c5ccc(-c6c[nH]c7ncccc67)cc5)c(-c5ccc(-c6c[nH]c7ncccc67)cc5)c(-c5ccc(-c6c[nH]c7ncccc67)cc5)c4-c4ccc(-c5c[nH]c6ncccc56)cc4)cc3)c2c1. The van der Waals surface area contributed by atoms with Gasteiger partial charge in [0.1, 0.15) is 33.9 Å². The molecule has 0 spiro atoms. The Kier molecular flexibility index (Phi) is 12.6. The zero-order chi connectivity index (χ0) is 63.2. The summed E-state index contributed by atoms with van der Waals surface area (Å²) in [5, 5.41) is 6.36. The molecule has 0 aliphatic heterocycles. The molecular weight excluding hydrogens is 1180 g/mol. The van der Waals surface area contributed by atoms with Crippen LogP contribution in [-0.2, 0) is 0 Å². The molecule has 96 heavy (non-hydrogen) atoms. The molecule has 7 aromatic carbocycles. The predicted octanol–water partition coefficient (Wildman–Crippen LogP) is 20.9. The van der Waals surface area contributed by atoms with Crippen molar-refractivity contribution in [1.82, 2.24) is 59.8 Å². The largest absolute Gasteiger partial charge is 0.346 e. The highest BCUT2D eigenvalue weighted by molar-refractivity contribution is 6.16. The van der Waals surface area contributed by atoms with Gasteiger partial charge in [-0.05, 0) is 173 Å². The second-order valence-corrected chi connectivity index (χ2v) is 24.3. The summed E-state index contributed by atoms with van der Waals surface area (Å²) in [7, 11) is 0. The number of rotatable bonds is 12. The minimum Gasteiger partial charge on any atom is -0.346 e. The normalized spacial score (nSPS) is 11.8. The van der Waals surface area contributed by atoms with Crippen molar-refractivity contribution in [3.63, 3.8) is 0 Å². The molecule has 0 saturated heterocycles. The molecule has 450 valence electrons. The smallest absolute Gasteiger partial charge is 0.137 e. The molecule has 12 heteroatoms. The van der Waals surface area contributed by atoms with E-state index in [1.54, 1.807) is 0 Å². The van der Waals surface area contributed by atoms with Crippen molar-refractivity contribution >= 4 is 66.2 Å². The monoisotopic (exact) mass is 1230 g/mol. The predicted molar refractivity (Wildman–Crippen MR) is 390 cm³/mol.